The fourth-order valence-electron chi connectivity index (χ4n) is 3.86. The first-order valence-electron chi connectivity index (χ1n) is 11.8. The molecule has 0 spiro atoms. The van der Waals surface area contributed by atoms with Gasteiger partial charge >= 0.3 is 6.09 Å². The van der Waals surface area contributed by atoms with Gasteiger partial charge in [0.25, 0.3) is 5.91 Å². The number of alkyl carbamates (subject to hydrolysis) is 1. The summed E-state index contributed by atoms with van der Waals surface area (Å²) in [6, 6.07) is 8.26. The molecule has 0 aliphatic heterocycles. The molecule has 10 heteroatoms. The lowest BCUT2D eigenvalue weighted by Gasteiger charge is -2.32. The van der Waals surface area contributed by atoms with Gasteiger partial charge in [0.15, 0.2) is 0 Å². The van der Waals surface area contributed by atoms with Gasteiger partial charge in [0.2, 0.25) is 11.8 Å². The summed E-state index contributed by atoms with van der Waals surface area (Å²) in [5.74, 6) is -2.02. The minimum absolute atomic E-state index is 0.347. The smallest absolute Gasteiger partial charge is 0.408 e. The van der Waals surface area contributed by atoms with E-state index in [-0.39, 0.29) is 0 Å². The number of rotatable bonds is 8. The normalized spacial score (nSPS) is 12.8. The zero-order chi connectivity index (χ0) is 28.1. The molecule has 0 bridgehead atoms. The third-order valence-electron chi connectivity index (χ3n) is 5.57. The molecule has 2 unspecified atom stereocenters. The molecule has 0 saturated carbocycles. The van der Waals surface area contributed by atoms with Crippen molar-refractivity contribution >= 4 is 41.1 Å². The van der Waals surface area contributed by atoms with Crippen LogP contribution < -0.4 is 16.4 Å². The molecule has 2 aromatic carbocycles. The first kappa shape index (κ1) is 29.6. The van der Waals surface area contributed by atoms with Gasteiger partial charge in [-0.25, -0.2) is 4.79 Å². The average Bonchev–Trinajstić information content (AvgIpc) is 2.75. The Kier molecular flexibility index (Phi) is 9.69. The first-order valence-corrected chi connectivity index (χ1v) is 12.2. The molecule has 0 aliphatic carbocycles. The van der Waals surface area contributed by atoms with E-state index in [1.807, 2.05) is 26.0 Å². The number of hydrogen-bond donors (Lipinski definition) is 3. The van der Waals surface area contributed by atoms with Gasteiger partial charge in [0.1, 0.15) is 17.7 Å². The van der Waals surface area contributed by atoms with Crippen molar-refractivity contribution in [2.75, 3.05) is 12.4 Å². The molecule has 2 aromatic rings. The third-order valence-corrected chi connectivity index (χ3v) is 5.88. The Labute approximate surface area is 222 Å². The average molecular weight is 531 g/mol. The van der Waals surface area contributed by atoms with Gasteiger partial charge in [-0.3, -0.25) is 14.4 Å². The lowest BCUT2D eigenvalue weighted by molar-refractivity contribution is -0.140. The molecule has 4 N–H and O–H groups in total. The fourth-order valence-corrected chi connectivity index (χ4v) is 4.13. The zero-order valence-corrected chi connectivity index (χ0v) is 23.0. The number of likely N-dealkylation sites (N-methyl/N-ethyl adjacent to an activating group) is 1. The zero-order valence-electron chi connectivity index (χ0n) is 22.3. The number of carbonyl (C=O) groups is 4. The van der Waals surface area contributed by atoms with Crippen molar-refractivity contribution in [2.45, 2.75) is 65.6 Å². The highest BCUT2D eigenvalue weighted by molar-refractivity contribution is 6.34. The minimum Gasteiger partial charge on any atom is -0.444 e. The van der Waals surface area contributed by atoms with Gasteiger partial charge in [-0.15, -0.1) is 0 Å². The van der Waals surface area contributed by atoms with E-state index in [2.05, 4.69) is 10.6 Å². The van der Waals surface area contributed by atoms with Crippen molar-refractivity contribution in [3.05, 3.63) is 63.7 Å². The topological polar surface area (TPSA) is 131 Å². The van der Waals surface area contributed by atoms with Crippen LogP contribution in [0.5, 0.6) is 0 Å². The number of primary amides is 1. The fraction of sp³-hybridized carbons (Fsp3) is 0.407. The number of hydrogen-bond acceptors (Lipinski definition) is 5. The van der Waals surface area contributed by atoms with E-state index >= 15 is 0 Å². The predicted octanol–water partition coefficient (Wildman–Crippen LogP) is 4.17. The van der Waals surface area contributed by atoms with E-state index in [1.54, 1.807) is 52.0 Å². The first-order chi connectivity index (χ1) is 17.1. The van der Waals surface area contributed by atoms with E-state index in [9.17, 15) is 19.2 Å². The molecule has 200 valence electrons. The Hall–Kier alpha value is -3.59. The van der Waals surface area contributed by atoms with Gasteiger partial charge in [0, 0.05) is 7.05 Å². The second kappa shape index (κ2) is 12.1. The molecule has 37 heavy (non-hydrogen) atoms. The second-order valence-electron chi connectivity index (χ2n) is 10.0. The van der Waals surface area contributed by atoms with Crippen LogP contribution in [0.4, 0.5) is 10.5 Å². The largest absolute Gasteiger partial charge is 0.444 e. The van der Waals surface area contributed by atoms with Crippen LogP contribution in [0, 0.1) is 20.8 Å². The van der Waals surface area contributed by atoms with Gasteiger partial charge in [0.05, 0.1) is 17.1 Å². The van der Waals surface area contributed by atoms with Crippen LogP contribution in [0.3, 0.4) is 0 Å². The number of carbonyl (C=O) groups excluding carboxylic acids is 4. The number of anilines is 1. The Morgan fingerprint density at radius 2 is 1.70 bits per heavy atom. The molecule has 2 atom stereocenters. The highest BCUT2D eigenvalue weighted by Gasteiger charge is 2.36. The highest BCUT2D eigenvalue weighted by atomic mass is 35.5. The van der Waals surface area contributed by atoms with Gasteiger partial charge in [-0.05, 0) is 64.3 Å². The Bertz CT molecular complexity index is 1170. The number of nitrogens with zero attached hydrogens (tertiary/aromatic N) is 1. The second-order valence-corrected chi connectivity index (χ2v) is 10.4. The molecule has 0 radical (unpaired) electrons. The number of ether oxygens (including phenoxy) is 1. The number of nitrogens with one attached hydrogen (secondary N) is 2. The number of para-hydroxylation sites is 1. The van der Waals surface area contributed by atoms with Crippen LogP contribution >= 0.6 is 11.6 Å². The maximum Gasteiger partial charge on any atom is 0.408 e. The molecule has 0 aromatic heterocycles. The van der Waals surface area contributed by atoms with Crippen molar-refractivity contribution in [1.82, 2.24) is 10.2 Å². The van der Waals surface area contributed by atoms with Crippen LogP contribution in [0.2, 0.25) is 5.02 Å². The van der Waals surface area contributed by atoms with Crippen molar-refractivity contribution in [3.63, 3.8) is 0 Å². The van der Waals surface area contributed by atoms with Gasteiger partial charge in [-0.1, -0.05) is 47.5 Å². The van der Waals surface area contributed by atoms with Gasteiger partial charge < -0.3 is 26.0 Å². The molecular formula is C27H35ClN4O5. The van der Waals surface area contributed by atoms with Crippen LogP contribution in [-0.4, -0.2) is 47.4 Å². The molecule has 4 amide bonds. The summed E-state index contributed by atoms with van der Waals surface area (Å²) in [6.07, 6.45) is -1.37. The SMILES string of the molecule is Cc1ccc(C(C(=O)Nc2c(C)cccc2Cl)N(C)C(=O)C(CC(N)=O)NC(=O)OC(C)(C)C)c(C)c1. The van der Waals surface area contributed by atoms with Crippen LogP contribution in [0.25, 0.3) is 0 Å². The number of nitrogens with two attached hydrogens (primary N) is 1. The quantitative estimate of drug-likeness (QED) is 0.471. The number of amides is 4. The summed E-state index contributed by atoms with van der Waals surface area (Å²) in [4.78, 5) is 52.6. The van der Waals surface area contributed by atoms with Crippen molar-refractivity contribution in [3.8, 4) is 0 Å². The van der Waals surface area contributed by atoms with E-state index in [0.717, 1.165) is 16.7 Å². The van der Waals surface area contributed by atoms with Crippen molar-refractivity contribution in [2.24, 2.45) is 5.73 Å². The molecule has 0 saturated heterocycles. The Balaban J connectivity index is 2.48. The minimum atomic E-state index is -1.35. The van der Waals surface area contributed by atoms with Crippen LogP contribution in [-0.2, 0) is 19.1 Å². The van der Waals surface area contributed by atoms with E-state index in [0.29, 0.717) is 16.3 Å². The van der Waals surface area contributed by atoms with Crippen LogP contribution in [0.15, 0.2) is 36.4 Å². The molecular weight excluding hydrogens is 496 g/mol. The highest BCUT2D eigenvalue weighted by Crippen LogP contribution is 2.30. The summed E-state index contributed by atoms with van der Waals surface area (Å²) in [5, 5.41) is 5.60. The standard InChI is InChI=1S/C27H35ClN4O5/c1-15-11-12-18(17(3)13-15)23(24(34)31-22-16(2)9-8-10-19(22)28)32(7)25(35)20(14-21(29)33)30-26(36)37-27(4,5)6/h8-13,20,23H,14H2,1-7H3,(H2,29,33)(H,30,36)(H,31,34). The molecule has 9 nitrogen and oxygen atoms in total. The molecule has 2 rings (SSSR count). The van der Waals surface area contributed by atoms with Crippen LogP contribution in [0.1, 0.15) is 55.5 Å². The van der Waals surface area contributed by atoms with E-state index < -0.39 is 47.9 Å². The molecule has 0 fully saturated rings. The molecule has 0 heterocycles. The lowest BCUT2D eigenvalue weighted by Crippen LogP contribution is -2.52. The van der Waals surface area contributed by atoms with Crippen molar-refractivity contribution < 1.29 is 23.9 Å². The Morgan fingerprint density at radius 1 is 1.05 bits per heavy atom. The van der Waals surface area contributed by atoms with E-state index in [4.69, 9.17) is 22.1 Å². The number of halogens is 1. The predicted molar refractivity (Wildman–Crippen MR) is 143 cm³/mol. The summed E-state index contributed by atoms with van der Waals surface area (Å²) in [6.45, 7) is 10.6. The van der Waals surface area contributed by atoms with Crippen molar-refractivity contribution in [1.29, 1.82) is 0 Å². The maximum atomic E-state index is 13.7. The monoisotopic (exact) mass is 530 g/mol. The number of benzene rings is 2. The summed E-state index contributed by atoms with van der Waals surface area (Å²) in [5.41, 5.74) is 8.03. The van der Waals surface area contributed by atoms with Gasteiger partial charge in [-0.2, -0.15) is 0 Å². The lowest BCUT2D eigenvalue weighted by atomic mass is 9.96. The number of aryl methyl sites for hydroxylation is 3. The molecule has 0 aliphatic rings. The maximum absolute atomic E-state index is 13.7. The summed E-state index contributed by atoms with van der Waals surface area (Å²) >= 11 is 6.33. The summed E-state index contributed by atoms with van der Waals surface area (Å²) in [7, 11) is 1.43. The Morgan fingerprint density at radius 3 is 2.24 bits per heavy atom. The summed E-state index contributed by atoms with van der Waals surface area (Å²) < 4.78 is 5.24. The third kappa shape index (κ3) is 8.21. The van der Waals surface area contributed by atoms with E-state index in [1.165, 1.54) is 11.9 Å².